The van der Waals surface area contributed by atoms with Crippen LogP contribution in [0.1, 0.15) is 11.7 Å². The normalized spacial score (nSPS) is 16.3. The van der Waals surface area contributed by atoms with E-state index in [0.717, 1.165) is 5.56 Å². The van der Waals surface area contributed by atoms with Crippen LogP contribution in [0.5, 0.6) is 11.5 Å². The monoisotopic (exact) mass is 405 g/mol. The SMILES string of the molecule is Cn1nnc(-c2ccc(OC3=C[C@H](c4ccc(OC(F)(F)F)cc4)ON3)cc2)n1. The lowest BCUT2D eigenvalue weighted by Crippen LogP contribution is -2.17. The van der Waals surface area contributed by atoms with E-state index in [4.69, 9.17) is 9.57 Å². The number of hydroxylamine groups is 1. The standard InChI is InChI=1S/C18H14F3N5O3/c1-26-23-17(22-25-26)12-4-6-13(7-5-12)27-16-10-15(29-24-16)11-2-8-14(9-3-11)28-18(19,20)21/h2-10,15,24H,1H3/t15-/m1/s1. The number of tetrazole rings is 1. The number of hydrogen-bond donors (Lipinski definition) is 1. The van der Waals surface area contributed by atoms with Gasteiger partial charge in [0, 0.05) is 11.6 Å². The Balaban J connectivity index is 1.40. The summed E-state index contributed by atoms with van der Waals surface area (Å²) in [7, 11) is 1.68. The Kier molecular flexibility index (Phi) is 4.80. The van der Waals surface area contributed by atoms with E-state index in [1.165, 1.54) is 29.1 Å². The average molecular weight is 405 g/mol. The summed E-state index contributed by atoms with van der Waals surface area (Å²) in [6.07, 6.45) is -3.59. The molecule has 1 N–H and O–H groups in total. The Morgan fingerprint density at radius 3 is 2.34 bits per heavy atom. The molecule has 0 spiro atoms. The second-order valence-electron chi connectivity index (χ2n) is 6.02. The van der Waals surface area contributed by atoms with E-state index in [2.05, 4.69) is 25.6 Å². The van der Waals surface area contributed by atoms with Gasteiger partial charge in [0.25, 0.3) is 0 Å². The fourth-order valence-electron chi connectivity index (χ4n) is 2.60. The van der Waals surface area contributed by atoms with Crippen LogP contribution in [0.2, 0.25) is 0 Å². The number of aryl methyl sites for hydroxylation is 1. The van der Waals surface area contributed by atoms with Crippen LogP contribution in [-0.4, -0.2) is 26.6 Å². The fourth-order valence-corrected chi connectivity index (χ4v) is 2.60. The molecule has 2 aromatic carbocycles. The summed E-state index contributed by atoms with van der Waals surface area (Å²) in [6.45, 7) is 0. The number of hydrogen-bond acceptors (Lipinski definition) is 7. The predicted octanol–water partition coefficient (Wildman–Crippen LogP) is 3.27. The summed E-state index contributed by atoms with van der Waals surface area (Å²) in [6, 6.07) is 12.5. The highest BCUT2D eigenvalue weighted by Crippen LogP contribution is 2.29. The van der Waals surface area contributed by atoms with Gasteiger partial charge in [0.15, 0.2) is 0 Å². The summed E-state index contributed by atoms with van der Waals surface area (Å²) in [5.74, 6) is 1.11. The predicted molar refractivity (Wildman–Crippen MR) is 93.0 cm³/mol. The lowest BCUT2D eigenvalue weighted by Gasteiger charge is -2.11. The van der Waals surface area contributed by atoms with E-state index < -0.39 is 12.5 Å². The van der Waals surface area contributed by atoms with Crippen LogP contribution in [0, 0.1) is 0 Å². The summed E-state index contributed by atoms with van der Waals surface area (Å²) < 4.78 is 46.2. The highest BCUT2D eigenvalue weighted by atomic mass is 19.4. The molecule has 0 fully saturated rings. The molecule has 0 radical (unpaired) electrons. The Bertz CT molecular complexity index is 1020. The largest absolute Gasteiger partial charge is 0.573 e. The Morgan fingerprint density at radius 2 is 1.72 bits per heavy atom. The van der Waals surface area contributed by atoms with Crippen LogP contribution >= 0.6 is 0 Å². The third-order valence-corrected chi connectivity index (χ3v) is 3.88. The van der Waals surface area contributed by atoms with Crippen molar-refractivity contribution in [3.05, 3.63) is 66.1 Å². The molecule has 1 aliphatic rings. The smallest absolute Gasteiger partial charge is 0.439 e. The maximum Gasteiger partial charge on any atom is 0.573 e. The van der Waals surface area contributed by atoms with E-state index in [0.29, 0.717) is 23.0 Å². The van der Waals surface area contributed by atoms with Gasteiger partial charge in [0.1, 0.15) is 17.6 Å². The molecular weight excluding hydrogens is 391 g/mol. The number of nitrogens with zero attached hydrogens (tertiary/aromatic N) is 4. The third-order valence-electron chi connectivity index (χ3n) is 3.88. The average Bonchev–Trinajstić information content (AvgIpc) is 3.31. The van der Waals surface area contributed by atoms with Crippen LogP contribution in [0.3, 0.4) is 0 Å². The van der Waals surface area contributed by atoms with Crippen molar-refractivity contribution in [3.63, 3.8) is 0 Å². The quantitative estimate of drug-likeness (QED) is 0.698. The van der Waals surface area contributed by atoms with Crippen molar-refractivity contribution >= 4 is 0 Å². The van der Waals surface area contributed by atoms with Crippen molar-refractivity contribution < 1.29 is 27.5 Å². The maximum absolute atomic E-state index is 12.2. The van der Waals surface area contributed by atoms with Gasteiger partial charge in [-0.2, -0.15) is 4.80 Å². The first-order valence-corrected chi connectivity index (χ1v) is 8.37. The highest BCUT2D eigenvalue weighted by molar-refractivity contribution is 5.55. The topological polar surface area (TPSA) is 83.3 Å². The third kappa shape index (κ3) is 4.63. The van der Waals surface area contributed by atoms with Crippen LogP contribution in [0.15, 0.2) is 60.5 Å². The van der Waals surface area contributed by atoms with Gasteiger partial charge in [-0.25, -0.2) is 5.48 Å². The number of ether oxygens (including phenoxy) is 2. The zero-order valence-electron chi connectivity index (χ0n) is 14.9. The highest BCUT2D eigenvalue weighted by Gasteiger charge is 2.31. The molecule has 1 aliphatic heterocycles. The number of nitrogens with one attached hydrogen (secondary N) is 1. The molecule has 8 nitrogen and oxygen atoms in total. The van der Waals surface area contributed by atoms with E-state index in [9.17, 15) is 13.2 Å². The zero-order chi connectivity index (χ0) is 20.4. The molecule has 0 bridgehead atoms. The molecule has 3 aromatic rings. The lowest BCUT2D eigenvalue weighted by molar-refractivity contribution is -0.274. The van der Waals surface area contributed by atoms with E-state index in [1.807, 2.05) is 0 Å². The molecule has 29 heavy (non-hydrogen) atoms. The van der Waals surface area contributed by atoms with Crippen LogP contribution in [-0.2, 0) is 11.9 Å². The van der Waals surface area contributed by atoms with Crippen LogP contribution < -0.4 is 15.0 Å². The first-order valence-electron chi connectivity index (χ1n) is 8.37. The summed E-state index contributed by atoms with van der Waals surface area (Å²) >= 11 is 0. The first-order chi connectivity index (χ1) is 13.9. The van der Waals surface area contributed by atoms with Gasteiger partial charge >= 0.3 is 6.36 Å². The summed E-state index contributed by atoms with van der Waals surface area (Å²) in [5.41, 5.74) is 4.07. The molecule has 0 saturated heterocycles. The minimum atomic E-state index is -4.73. The molecule has 4 rings (SSSR count). The van der Waals surface area contributed by atoms with Crippen molar-refractivity contribution in [2.75, 3.05) is 0 Å². The van der Waals surface area contributed by atoms with E-state index in [-0.39, 0.29) is 5.75 Å². The number of aromatic nitrogens is 4. The molecule has 0 unspecified atom stereocenters. The lowest BCUT2D eigenvalue weighted by atomic mass is 10.1. The van der Waals surface area contributed by atoms with Gasteiger partial charge in [0.05, 0.1) is 7.05 Å². The molecule has 1 aromatic heterocycles. The van der Waals surface area contributed by atoms with Crippen molar-refractivity contribution in [1.29, 1.82) is 0 Å². The molecule has 1 atom stereocenters. The maximum atomic E-state index is 12.2. The molecule has 150 valence electrons. The van der Waals surface area contributed by atoms with Gasteiger partial charge in [0.2, 0.25) is 11.7 Å². The minimum absolute atomic E-state index is 0.301. The van der Waals surface area contributed by atoms with Gasteiger partial charge in [-0.3, -0.25) is 4.84 Å². The van der Waals surface area contributed by atoms with Crippen LogP contribution in [0.25, 0.3) is 11.4 Å². The van der Waals surface area contributed by atoms with E-state index >= 15 is 0 Å². The first kappa shape index (κ1) is 18.7. The number of benzene rings is 2. The van der Waals surface area contributed by atoms with Gasteiger partial charge < -0.3 is 9.47 Å². The number of alkyl halides is 3. The minimum Gasteiger partial charge on any atom is -0.439 e. The van der Waals surface area contributed by atoms with Gasteiger partial charge in [-0.15, -0.1) is 23.4 Å². The second kappa shape index (κ2) is 7.43. The molecular formula is C18H14F3N5O3. The fraction of sp³-hybridized carbons (Fsp3) is 0.167. The van der Waals surface area contributed by atoms with Crippen molar-refractivity contribution in [3.8, 4) is 22.9 Å². The molecule has 0 amide bonds. The Morgan fingerprint density at radius 1 is 1.03 bits per heavy atom. The Hall–Kier alpha value is -3.60. The molecule has 2 heterocycles. The van der Waals surface area contributed by atoms with Gasteiger partial charge in [-0.1, -0.05) is 12.1 Å². The summed E-state index contributed by atoms with van der Waals surface area (Å²) in [5, 5.41) is 11.8. The van der Waals surface area contributed by atoms with Crippen molar-refractivity contribution in [1.82, 2.24) is 25.7 Å². The summed E-state index contributed by atoms with van der Waals surface area (Å²) in [4.78, 5) is 6.77. The number of rotatable bonds is 5. The van der Waals surface area contributed by atoms with Crippen LogP contribution in [0.4, 0.5) is 13.2 Å². The molecule has 11 heteroatoms. The molecule has 0 aliphatic carbocycles. The van der Waals surface area contributed by atoms with Crippen molar-refractivity contribution in [2.24, 2.45) is 7.05 Å². The number of halogens is 3. The zero-order valence-corrected chi connectivity index (χ0v) is 14.9. The van der Waals surface area contributed by atoms with Gasteiger partial charge in [-0.05, 0) is 47.2 Å². The second-order valence-corrected chi connectivity index (χ2v) is 6.02. The van der Waals surface area contributed by atoms with E-state index in [1.54, 1.807) is 37.4 Å². The Labute approximate surface area is 162 Å². The molecule has 0 saturated carbocycles. The van der Waals surface area contributed by atoms with Crippen molar-refractivity contribution in [2.45, 2.75) is 12.5 Å².